The van der Waals surface area contributed by atoms with Crippen molar-refractivity contribution in [3.8, 4) is 0 Å². The van der Waals surface area contributed by atoms with E-state index < -0.39 is 32.5 Å². The number of likely N-dealkylation sites (N-methyl/N-ethyl adjacent to an activating group) is 1. The van der Waals surface area contributed by atoms with Gasteiger partial charge in [0, 0.05) is 12.8 Å². The van der Waals surface area contributed by atoms with E-state index in [2.05, 4.69) is 38.2 Å². The number of rotatable bonds is 47. The first-order valence-electron chi connectivity index (χ1n) is 25.5. The highest BCUT2D eigenvalue weighted by atomic mass is 31.2. The van der Waals surface area contributed by atoms with Crippen LogP contribution in [-0.2, 0) is 32.7 Å². The van der Waals surface area contributed by atoms with Crippen molar-refractivity contribution in [2.75, 3.05) is 47.5 Å². The predicted molar refractivity (Wildman–Crippen MR) is 254 cm³/mol. The lowest BCUT2D eigenvalue weighted by atomic mass is 10.0. The molecule has 0 amide bonds. The van der Waals surface area contributed by atoms with Crippen molar-refractivity contribution < 1.29 is 42.1 Å². The third kappa shape index (κ3) is 47.8. The number of unbranched alkanes of at least 4 members (excludes halogenated alkanes) is 29. The number of nitrogens with zero attached hydrogens (tertiary/aromatic N) is 1. The molecule has 1 unspecified atom stereocenters. The Bertz CT molecular complexity index is 1090. The normalized spacial score (nSPS) is 13.6. The second-order valence-corrected chi connectivity index (χ2v) is 20.0. The van der Waals surface area contributed by atoms with Gasteiger partial charge < -0.3 is 27.9 Å². The molecule has 10 heteroatoms. The van der Waals surface area contributed by atoms with E-state index >= 15 is 0 Å². The molecule has 0 spiro atoms. The summed E-state index contributed by atoms with van der Waals surface area (Å²) in [6, 6.07) is 0. The fourth-order valence-electron chi connectivity index (χ4n) is 7.22. The molecule has 0 aromatic heterocycles. The minimum Gasteiger partial charge on any atom is -0.756 e. The molecule has 0 saturated carbocycles. The summed E-state index contributed by atoms with van der Waals surface area (Å²) in [5.74, 6) is -0.839. The van der Waals surface area contributed by atoms with Gasteiger partial charge in [0.05, 0.1) is 27.7 Å². The number of phosphoric ester groups is 1. The lowest BCUT2D eigenvalue weighted by Crippen LogP contribution is -2.37. The quantitative estimate of drug-likeness (QED) is 0.0195. The third-order valence-electron chi connectivity index (χ3n) is 11.2. The van der Waals surface area contributed by atoms with Gasteiger partial charge >= 0.3 is 11.9 Å². The van der Waals surface area contributed by atoms with E-state index in [1.54, 1.807) is 0 Å². The van der Waals surface area contributed by atoms with Gasteiger partial charge in [-0.2, -0.15) is 0 Å². The largest absolute Gasteiger partial charge is 0.756 e. The molecule has 0 aliphatic rings. The Morgan fingerprint density at radius 2 is 0.885 bits per heavy atom. The van der Waals surface area contributed by atoms with Crippen molar-refractivity contribution >= 4 is 19.8 Å². The van der Waals surface area contributed by atoms with E-state index in [0.29, 0.717) is 23.9 Å². The highest BCUT2D eigenvalue weighted by Gasteiger charge is 2.21. The van der Waals surface area contributed by atoms with Gasteiger partial charge in [0.15, 0.2) is 6.10 Å². The summed E-state index contributed by atoms with van der Waals surface area (Å²) in [6.07, 6.45) is 49.2. The predicted octanol–water partition coefficient (Wildman–Crippen LogP) is 14.5. The molecular weight excluding hydrogens is 786 g/mol. The zero-order valence-electron chi connectivity index (χ0n) is 40.6. The van der Waals surface area contributed by atoms with Crippen LogP contribution in [0.3, 0.4) is 0 Å². The number of allylic oxidation sites excluding steroid dienone is 4. The van der Waals surface area contributed by atoms with E-state index in [4.69, 9.17) is 18.5 Å². The van der Waals surface area contributed by atoms with Crippen molar-refractivity contribution in [1.82, 2.24) is 0 Å². The Morgan fingerprint density at radius 1 is 0.508 bits per heavy atom. The number of phosphoric acid groups is 1. The second kappa shape index (κ2) is 43.7. The highest BCUT2D eigenvalue weighted by molar-refractivity contribution is 7.45. The summed E-state index contributed by atoms with van der Waals surface area (Å²) in [5.41, 5.74) is 0. The molecule has 0 radical (unpaired) electrons. The van der Waals surface area contributed by atoms with Crippen LogP contribution in [0.4, 0.5) is 0 Å². The Balaban J connectivity index is 4.21. The average molecular weight is 884 g/mol. The molecule has 0 aromatic carbocycles. The van der Waals surface area contributed by atoms with E-state index in [-0.39, 0.29) is 26.1 Å². The molecule has 360 valence electrons. The number of esters is 2. The van der Waals surface area contributed by atoms with Gasteiger partial charge in [0.25, 0.3) is 7.82 Å². The molecule has 2 atom stereocenters. The van der Waals surface area contributed by atoms with Crippen LogP contribution in [0.1, 0.15) is 239 Å². The average Bonchev–Trinajstić information content (AvgIpc) is 3.21. The Labute approximate surface area is 377 Å². The van der Waals surface area contributed by atoms with Crippen molar-refractivity contribution in [2.24, 2.45) is 0 Å². The number of ether oxygens (including phenoxy) is 2. The van der Waals surface area contributed by atoms with Crippen molar-refractivity contribution in [3.63, 3.8) is 0 Å². The highest BCUT2D eigenvalue weighted by Crippen LogP contribution is 2.38. The van der Waals surface area contributed by atoms with Crippen LogP contribution in [-0.4, -0.2) is 70.0 Å². The van der Waals surface area contributed by atoms with Gasteiger partial charge in [0.1, 0.15) is 19.8 Å². The Morgan fingerprint density at radius 3 is 1.33 bits per heavy atom. The van der Waals surface area contributed by atoms with Crippen LogP contribution in [0.15, 0.2) is 24.3 Å². The zero-order chi connectivity index (χ0) is 45.0. The molecule has 9 nitrogen and oxygen atoms in total. The molecule has 0 saturated heterocycles. The van der Waals surface area contributed by atoms with E-state index in [1.165, 1.54) is 148 Å². The molecule has 0 N–H and O–H groups in total. The number of carbonyl (C=O) groups is 2. The number of hydrogen-bond donors (Lipinski definition) is 0. The summed E-state index contributed by atoms with van der Waals surface area (Å²) in [7, 11) is 1.17. The van der Waals surface area contributed by atoms with Crippen LogP contribution in [0.25, 0.3) is 0 Å². The second-order valence-electron chi connectivity index (χ2n) is 18.5. The summed E-state index contributed by atoms with van der Waals surface area (Å²) in [5, 5.41) is 0. The topological polar surface area (TPSA) is 111 Å². The minimum atomic E-state index is -4.63. The zero-order valence-corrected chi connectivity index (χ0v) is 41.5. The fraction of sp³-hybridized carbons (Fsp3) is 0.882. The van der Waals surface area contributed by atoms with Crippen LogP contribution < -0.4 is 4.89 Å². The van der Waals surface area contributed by atoms with Gasteiger partial charge in [-0.05, 0) is 44.9 Å². The fourth-order valence-corrected chi connectivity index (χ4v) is 7.94. The van der Waals surface area contributed by atoms with Crippen molar-refractivity contribution in [2.45, 2.75) is 245 Å². The van der Waals surface area contributed by atoms with Crippen LogP contribution >= 0.6 is 7.82 Å². The third-order valence-corrected chi connectivity index (χ3v) is 12.2. The molecule has 0 aliphatic heterocycles. The number of quaternary nitrogens is 1. The van der Waals surface area contributed by atoms with E-state index in [9.17, 15) is 19.0 Å². The monoisotopic (exact) mass is 884 g/mol. The number of hydrogen-bond acceptors (Lipinski definition) is 8. The molecule has 0 aliphatic carbocycles. The summed E-state index contributed by atoms with van der Waals surface area (Å²) < 4.78 is 34.0. The van der Waals surface area contributed by atoms with Crippen molar-refractivity contribution in [3.05, 3.63) is 24.3 Å². The minimum absolute atomic E-state index is 0.0310. The molecule has 0 heterocycles. The maximum atomic E-state index is 12.7. The molecular formula is C51H98NO8P. The molecule has 0 rings (SSSR count). The maximum Gasteiger partial charge on any atom is 0.306 e. The molecule has 0 aromatic rings. The van der Waals surface area contributed by atoms with Gasteiger partial charge in [0.2, 0.25) is 0 Å². The smallest absolute Gasteiger partial charge is 0.306 e. The summed E-state index contributed by atoms with van der Waals surface area (Å²) in [6.45, 7) is 4.22. The summed E-state index contributed by atoms with van der Waals surface area (Å²) in [4.78, 5) is 37.7. The van der Waals surface area contributed by atoms with Gasteiger partial charge in [-0.15, -0.1) is 0 Å². The van der Waals surface area contributed by atoms with Gasteiger partial charge in [-0.1, -0.05) is 205 Å². The van der Waals surface area contributed by atoms with Gasteiger partial charge in [-0.3, -0.25) is 14.2 Å². The molecule has 61 heavy (non-hydrogen) atoms. The van der Waals surface area contributed by atoms with Crippen molar-refractivity contribution in [1.29, 1.82) is 0 Å². The standard InChI is InChI=1S/C51H98NO8P/c1-6-8-10-12-14-16-18-20-22-23-24-25-26-27-28-30-32-34-36-38-40-42-44-51(54)60-49(48-59-61(55,56)58-46-45-52(3,4)5)47-57-50(53)43-41-39-37-35-33-31-29-21-19-17-15-13-11-9-7-2/h15,17,21,29,49H,6-14,16,18-20,22-28,30-48H2,1-5H3/b17-15+,29-21+/t49-/m1/s1. The first-order chi connectivity index (χ1) is 29.5. The van der Waals surface area contributed by atoms with Gasteiger partial charge in [-0.25, -0.2) is 0 Å². The Hall–Kier alpha value is -1.51. The lowest BCUT2D eigenvalue weighted by Gasteiger charge is -2.28. The first-order valence-corrected chi connectivity index (χ1v) is 27.0. The van der Waals surface area contributed by atoms with Crippen LogP contribution in [0.2, 0.25) is 0 Å². The number of carbonyl (C=O) groups excluding carboxylic acids is 2. The summed E-state index contributed by atoms with van der Waals surface area (Å²) >= 11 is 0. The van der Waals surface area contributed by atoms with Crippen LogP contribution in [0.5, 0.6) is 0 Å². The van der Waals surface area contributed by atoms with Crippen LogP contribution in [0, 0.1) is 0 Å². The SMILES string of the molecule is CCCCC/C=C/C/C=C/CCCCCCCC(=O)OC[C@H](COP(=O)([O-])OCC[N+](C)(C)C)OC(=O)CCCCCCCCCCCCCCCCCCCCCCCC. The van der Waals surface area contributed by atoms with E-state index in [1.807, 2.05) is 21.1 Å². The molecule has 0 fully saturated rings. The lowest BCUT2D eigenvalue weighted by molar-refractivity contribution is -0.870. The first kappa shape index (κ1) is 59.5. The Kier molecular flexibility index (Phi) is 42.6. The maximum absolute atomic E-state index is 12.7. The molecule has 0 bridgehead atoms. The van der Waals surface area contributed by atoms with E-state index in [0.717, 1.165) is 51.4 Å².